The van der Waals surface area contributed by atoms with Crippen molar-refractivity contribution in [1.29, 1.82) is 5.26 Å². The molecule has 0 spiro atoms. The predicted octanol–water partition coefficient (Wildman–Crippen LogP) is 3.35. The molecule has 0 amide bonds. The first-order valence-corrected chi connectivity index (χ1v) is 7.44. The SMILES string of the molecule is Cn1c(COc2ccc(C#N)cn2)nnc1-c1ccccc1C(F)(F)F. The number of aromatic nitrogens is 4. The topological polar surface area (TPSA) is 76.6 Å². The molecule has 0 aliphatic rings. The average molecular weight is 359 g/mol. The van der Waals surface area contributed by atoms with Gasteiger partial charge in [0.2, 0.25) is 5.88 Å². The summed E-state index contributed by atoms with van der Waals surface area (Å²) in [5.74, 6) is 0.691. The Morgan fingerprint density at radius 1 is 1.15 bits per heavy atom. The molecule has 0 atom stereocenters. The van der Waals surface area contributed by atoms with Crippen molar-refractivity contribution in [2.45, 2.75) is 12.8 Å². The number of alkyl halides is 3. The lowest BCUT2D eigenvalue weighted by Gasteiger charge is -2.12. The summed E-state index contributed by atoms with van der Waals surface area (Å²) in [4.78, 5) is 3.95. The molecule has 0 bridgehead atoms. The first-order valence-electron chi connectivity index (χ1n) is 7.44. The van der Waals surface area contributed by atoms with Crippen LogP contribution >= 0.6 is 0 Å². The van der Waals surface area contributed by atoms with Crippen molar-refractivity contribution >= 4 is 0 Å². The Hall–Kier alpha value is -3.41. The summed E-state index contributed by atoms with van der Waals surface area (Å²) in [5, 5.41) is 16.5. The smallest absolute Gasteiger partial charge is 0.417 e. The molecule has 132 valence electrons. The third kappa shape index (κ3) is 3.49. The molecule has 0 N–H and O–H groups in total. The molecular formula is C17H12F3N5O. The van der Waals surface area contributed by atoms with Crippen LogP contribution in [0, 0.1) is 11.3 Å². The first-order chi connectivity index (χ1) is 12.4. The maximum absolute atomic E-state index is 13.2. The lowest BCUT2D eigenvalue weighted by atomic mass is 10.1. The Kier molecular flexibility index (Phi) is 4.58. The van der Waals surface area contributed by atoms with Crippen molar-refractivity contribution in [2.75, 3.05) is 0 Å². The van der Waals surface area contributed by atoms with Crippen molar-refractivity contribution < 1.29 is 17.9 Å². The highest BCUT2D eigenvalue weighted by Crippen LogP contribution is 2.36. The van der Waals surface area contributed by atoms with Crippen LogP contribution in [0.25, 0.3) is 11.4 Å². The predicted molar refractivity (Wildman–Crippen MR) is 84.7 cm³/mol. The quantitative estimate of drug-likeness (QED) is 0.714. The van der Waals surface area contributed by atoms with E-state index in [4.69, 9.17) is 10.00 Å². The molecule has 6 nitrogen and oxygen atoms in total. The van der Waals surface area contributed by atoms with Gasteiger partial charge < -0.3 is 9.30 Å². The van der Waals surface area contributed by atoms with Crippen LogP contribution in [0.15, 0.2) is 42.6 Å². The minimum atomic E-state index is -4.49. The number of halogens is 3. The summed E-state index contributed by atoms with van der Waals surface area (Å²) >= 11 is 0. The van der Waals surface area contributed by atoms with Crippen molar-refractivity contribution in [3.63, 3.8) is 0 Å². The molecule has 3 aromatic rings. The molecule has 0 saturated carbocycles. The van der Waals surface area contributed by atoms with E-state index in [9.17, 15) is 13.2 Å². The van der Waals surface area contributed by atoms with Gasteiger partial charge in [0.05, 0.1) is 11.1 Å². The zero-order chi connectivity index (χ0) is 18.7. The van der Waals surface area contributed by atoms with E-state index in [0.717, 1.165) is 6.07 Å². The van der Waals surface area contributed by atoms with Gasteiger partial charge in [-0.1, -0.05) is 18.2 Å². The third-order valence-corrected chi connectivity index (χ3v) is 3.65. The Morgan fingerprint density at radius 2 is 1.92 bits per heavy atom. The van der Waals surface area contributed by atoms with Gasteiger partial charge in [-0.15, -0.1) is 10.2 Å². The summed E-state index contributed by atoms with van der Waals surface area (Å²) in [6.45, 7) is -0.0312. The molecule has 0 radical (unpaired) electrons. The van der Waals surface area contributed by atoms with Crippen LogP contribution in [0.2, 0.25) is 0 Å². The second kappa shape index (κ2) is 6.84. The summed E-state index contributed by atoms with van der Waals surface area (Å²) in [5.41, 5.74) is -0.448. The zero-order valence-electron chi connectivity index (χ0n) is 13.5. The summed E-state index contributed by atoms with van der Waals surface area (Å²) < 4.78 is 46.5. The van der Waals surface area contributed by atoms with Gasteiger partial charge in [-0.3, -0.25) is 0 Å². The summed E-state index contributed by atoms with van der Waals surface area (Å²) in [7, 11) is 1.56. The molecular weight excluding hydrogens is 347 g/mol. The van der Waals surface area contributed by atoms with E-state index in [-0.39, 0.29) is 23.9 Å². The largest absolute Gasteiger partial charge is 0.469 e. The van der Waals surface area contributed by atoms with Gasteiger partial charge in [-0.2, -0.15) is 18.4 Å². The molecule has 0 fully saturated rings. The summed E-state index contributed by atoms with van der Waals surface area (Å²) in [6.07, 6.45) is -3.14. The highest BCUT2D eigenvalue weighted by molar-refractivity contribution is 5.61. The Labute approximate surface area is 146 Å². The van der Waals surface area contributed by atoms with E-state index in [0.29, 0.717) is 11.4 Å². The standard InChI is InChI=1S/C17H12F3N5O/c1-25-14(10-26-15-7-6-11(8-21)9-22-15)23-24-16(25)12-4-2-3-5-13(12)17(18,19)20/h2-7,9H,10H2,1H3. The van der Waals surface area contributed by atoms with Gasteiger partial charge in [0.1, 0.15) is 12.7 Å². The van der Waals surface area contributed by atoms with Gasteiger partial charge in [-0.05, 0) is 12.1 Å². The van der Waals surface area contributed by atoms with Crippen LogP contribution in [0.1, 0.15) is 17.0 Å². The van der Waals surface area contributed by atoms with E-state index in [1.807, 2.05) is 6.07 Å². The van der Waals surface area contributed by atoms with Crippen molar-refractivity contribution in [1.82, 2.24) is 19.7 Å². The average Bonchev–Trinajstić information content (AvgIpc) is 3.00. The van der Waals surface area contributed by atoms with Crippen LogP contribution in [0.5, 0.6) is 5.88 Å². The third-order valence-electron chi connectivity index (χ3n) is 3.65. The van der Waals surface area contributed by atoms with Gasteiger partial charge in [0, 0.05) is 24.9 Å². The highest BCUT2D eigenvalue weighted by atomic mass is 19.4. The molecule has 9 heteroatoms. The molecule has 2 aromatic heterocycles. The van der Waals surface area contributed by atoms with Crippen LogP contribution < -0.4 is 4.74 Å². The number of nitrogens with zero attached hydrogens (tertiary/aromatic N) is 5. The number of rotatable bonds is 4. The summed E-state index contributed by atoms with van der Waals surface area (Å²) in [6, 6.07) is 10.2. The number of nitriles is 1. The van der Waals surface area contributed by atoms with Gasteiger partial charge in [0.25, 0.3) is 0 Å². The molecule has 0 saturated heterocycles. The number of hydrogen-bond acceptors (Lipinski definition) is 5. The number of pyridine rings is 1. The fraction of sp³-hybridized carbons (Fsp3) is 0.176. The van der Waals surface area contributed by atoms with Crippen molar-refractivity contribution in [3.05, 3.63) is 59.5 Å². The fourth-order valence-electron chi connectivity index (χ4n) is 2.32. The van der Waals surface area contributed by atoms with Gasteiger partial charge in [-0.25, -0.2) is 4.98 Å². The lowest BCUT2D eigenvalue weighted by Crippen LogP contribution is -2.09. The monoisotopic (exact) mass is 359 g/mol. The van der Waals surface area contributed by atoms with E-state index in [1.54, 1.807) is 13.1 Å². The minimum absolute atomic E-state index is 0.0312. The molecule has 0 aliphatic carbocycles. The number of benzene rings is 1. The van der Waals surface area contributed by atoms with Crippen molar-refractivity contribution in [3.8, 4) is 23.3 Å². The minimum Gasteiger partial charge on any atom is -0.469 e. The molecule has 3 rings (SSSR count). The Balaban J connectivity index is 1.84. The fourth-order valence-corrected chi connectivity index (χ4v) is 2.32. The molecule has 0 unspecified atom stereocenters. The normalized spacial score (nSPS) is 11.2. The Bertz CT molecular complexity index is 958. The number of ether oxygens (including phenoxy) is 1. The Morgan fingerprint density at radius 3 is 2.58 bits per heavy atom. The lowest BCUT2D eigenvalue weighted by molar-refractivity contribution is -0.137. The van der Waals surface area contributed by atoms with Crippen LogP contribution in [-0.4, -0.2) is 19.7 Å². The highest BCUT2D eigenvalue weighted by Gasteiger charge is 2.34. The van der Waals surface area contributed by atoms with Crippen LogP contribution in [0.4, 0.5) is 13.2 Å². The number of hydrogen-bond donors (Lipinski definition) is 0. The van der Waals surface area contributed by atoms with Gasteiger partial charge >= 0.3 is 6.18 Å². The molecule has 26 heavy (non-hydrogen) atoms. The molecule has 1 aromatic carbocycles. The zero-order valence-corrected chi connectivity index (χ0v) is 13.5. The second-order valence-electron chi connectivity index (χ2n) is 5.33. The van der Waals surface area contributed by atoms with E-state index in [1.165, 1.54) is 35.0 Å². The van der Waals surface area contributed by atoms with Crippen LogP contribution in [-0.2, 0) is 19.8 Å². The maximum atomic E-state index is 13.2. The molecule has 2 heterocycles. The van der Waals surface area contributed by atoms with E-state index in [2.05, 4.69) is 15.2 Å². The van der Waals surface area contributed by atoms with Crippen LogP contribution in [0.3, 0.4) is 0 Å². The van der Waals surface area contributed by atoms with Gasteiger partial charge in [0.15, 0.2) is 11.6 Å². The molecule has 0 aliphatic heterocycles. The first kappa shape index (κ1) is 17.4. The van der Waals surface area contributed by atoms with E-state index < -0.39 is 11.7 Å². The van der Waals surface area contributed by atoms with E-state index >= 15 is 0 Å². The maximum Gasteiger partial charge on any atom is 0.417 e. The van der Waals surface area contributed by atoms with Crippen molar-refractivity contribution in [2.24, 2.45) is 7.05 Å². The second-order valence-corrected chi connectivity index (χ2v) is 5.33.